The van der Waals surface area contributed by atoms with E-state index in [1.165, 1.54) is 0 Å². The third-order valence-corrected chi connectivity index (χ3v) is 5.17. The summed E-state index contributed by atoms with van der Waals surface area (Å²) in [6.45, 7) is 0.628. The lowest BCUT2D eigenvalue weighted by atomic mass is 10.1. The van der Waals surface area contributed by atoms with Crippen LogP contribution >= 0.6 is 0 Å². The number of benzene rings is 2. The molecule has 1 aliphatic rings. The van der Waals surface area contributed by atoms with Crippen molar-refractivity contribution in [1.29, 1.82) is 0 Å². The first-order chi connectivity index (χ1) is 15.2. The van der Waals surface area contributed by atoms with Crippen molar-refractivity contribution in [3.05, 3.63) is 94.7 Å². The second kappa shape index (κ2) is 7.95. The SMILES string of the molecule is O=C(Cc1ccc2c(c1)OCO2)Nc1cccc2c(=O)n(Cc3cccnc3)ccc12. The number of carbonyl (C=O) groups excluding carboxylic acids is 1. The maximum absolute atomic E-state index is 13.0. The Hall–Kier alpha value is -4.13. The second-order valence-electron chi connectivity index (χ2n) is 7.29. The number of rotatable bonds is 5. The largest absolute Gasteiger partial charge is 0.454 e. The van der Waals surface area contributed by atoms with E-state index in [4.69, 9.17) is 9.47 Å². The van der Waals surface area contributed by atoms with Gasteiger partial charge in [0.25, 0.3) is 5.56 Å². The maximum atomic E-state index is 13.0. The molecule has 7 nitrogen and oxygen atoms in total. The minimum absolute atomic E-state index is 0.117. The summed E-state index contributed by atoms with van der Waals surface area (Å²) >= 11 is 0. The lowest BCUT2D eigenvalue weighted by molar-refractivity contribution is -0.115. The number of pyridine rings is 2. The lowest BCUT2D eigenvalue weighted by Gasteiger charge is -2.11. The molecule has 0 radical (unpaired) electrons. The van der Waals surface area contributed by atoms with Crippen LogP contribution in [0.4, 0.5) is 5.69 Å². The third kappa shape index (κ3) is 3.85. The first-order valence-electron chi connectivity index (χ1n) is 9.87. The Morgan fingerprint density at radius 1 is 1.00 bits per heavy atom. The summed E-state index contributed by atoms with van der Waals surface area (Å²) in [5, 5.41) is 4.18. The van der Waals surface area contributed by atoms with E-state index in [1.54, 1.807) is 47.4 Å². The van der Waals surface area contributed by atoms with Gasteiger partial charge in [-0.3, -0.25) is 14.6 Å². The van der Waals surface area contributed by atoms with Gasteiger partial charge in [-0.15, -0.1) is 0 Å². The molecule has 2 aromatic carbocycles. The van der Waals surface area contributed by atoms with Gasteiger partial charge in [0.2, 0.25) is 12.7 Å². The molecule has 0 saturated carbocycles. The Morgan fingerprint density at radius 2 is 1.90 bits per heavy atom. The molecule has 4 aromatic rings. The zero-order valence-corrected chi connectivity index (χ0v) is 16.6. The van der Waals surface area contributed by atoms with Crippen molar-refractivity contribution in [3.8, 4) is 11.5 Å². The highest BCUT2D eigenvalue weighted by molar-refractivity contribution is 6.02. The topological polar surface area (TPSA) is 82.5 Å². The zero-order chi connectivity index (χ0) is 21.2. The molecule has 0 bridgehead atoms. The molecular weight excluding hydrogens is 394 g/mol. The van der Waals surface area contributed by atoms with E-state index < -0.39 is 0 Å². The predicted molar refractivity (Wildman–Crippen MR) is 116 cm³/mol. The molecule has 0 atom stereocenters. The molecule has 1 aliphatic heterocycles. The van der Waals surface area contributed by atoms with Crippen LogP contribution in [0.3, 0.4) is 0 Å². The second-order valence-corrected chi connectivity index (χ2v) is 7.29. The minimum Gasteiger partial charge on any atom is -0.454 e. The van der Waals surface area contributed by atoms with Crippen LogP contribution in [0.1, 0.15) is 11.1 Å². The molecule has 1 amide bonds. The van der Waals surface area contributed by atoms with Crippen LogP contribution in [-0.4, -0.2) is 22.3 Å². The number of ether oxygens (including phenoxy) is 2. The van der Waals surface area contributed by atoms with Gasteiger partial charge in [-0.05, 0) is 47.5 Å². The number of amides is 1. The van der Waals surface area contributed by atoms with E-state index in [9.17, 15) is 9.59 Å². The van der Waals surface area contributed by atoms with Gasteiger partial charge >= 0.3 is 0 Å². The highest BCUT2D eigenvalue weighted by Gasteiger charge is 2.15. The zero-order valence-electron chi connectivity index (χ0n) is 16.6. The first-order valence-corrected chi connectivity index (χ1v) is 9.87. The van der Waals surface area contributed by atoms with Crippen molar-refractivity contribution in [2.24, 2.45) is 0 Å². The van der Waals surface area contributed by atoms with Crippen molar-refractivity contribution in [2.75, 3.05) is 12.1 Å². The fourth-order valence-corrected chi connectivity index (χ4v) is 3.67. The molecule has 0 saturated heterocycles. The maximum Gasteiger partial charge on any atom is 0.258 e. The summed E-state index contributed by atoms with van der Waals surface area (Å²) in [7, 11) is 0. The average Bonchev–Trinajstić information content (AvgIpc) is 3.25. The number of aromatic nitrogens is 2. The third-order valence-electron chi connectivity index (χ3n) is 5.17. The molecule has 7 heteroatoms. The standard InChI is InChI=1S/C24H19N3O4/c28-23(12-16-6-7-21-22(11-16)31-15-30-21)26-20-5-1-4-19-18(20)8-10-27(24(19)29)14-17-3-2-9-25-13-17/h1-11,13H,12,14-15H2,(H,26,28). The summed E-state index contributed by atoms with van der Waals surface area (Å²) in [4.78, 5) is 29.7. The van der Waals surface area contributed by atoms with Crippen LogP contribution in [0.25, 0.3) is 10.8 Å². The normalized spacial score (nSPS) is 12.1. The number of carbonyl (C=O) groups is 1. The van der Waals surface area contributed by atoms with Crippen LogP contribution in [0.15, 0.2) is 78.0 Å². The van der Waals surface area contributed by atoms with E-state index >= 15 is 0 Å². The number of anilines is 1. The molecule has 0 spiro atoms. The van der Waals surface area contributed by atoms with Gasteiger partial charge in [0.15, 0.2) is 11.5 Å². The quantitative estimate of drug-likeness (QED) is 0.543. The smallest absolute Gasteiger partial charge is 0.258 e. The number of fused-ring (bicyclic) bond motifs is 2. The number of hydrogen-bond acceptors (Lipinski definition) is 5. The van der Waals surface area contributed by atoms with Crippen molar-refractivity contribution in [1.82, 2.24) is 9.55 Å². The molecule has 1 N–H and O–H groups in total. The predicted octanol–water partition coefficient (Wildman–Crippen LogP) is 3.35. The monoisotopic (exact) mass is 413 g/mol. The van der Waals surface area contributed by atoms with Crippen molar-refractivity contribution < 1.29 is 14.3 Å². The van der Waals surface area contributed by atoms with E-state index in [1.807, 2.05) is 30.3 Å². The van der Waals surface area contributed by atoms with E-state index in [2.05, 4.69) is 10.3 Å². The van der Waals surface area contributed by atoms with Crippen molar-refractivity contribution in [2.45, 2.75) is 13.0 Å². The summed E-state index contributed by atoms with van der Waals surface area (Å²) in [5.74, 6) is 1.15. The van der Waals surface area contributed by atoms with Gasteiger partial charge in [0.1, 0.15) is 0 Å². The van der Waals surface area contributed by atoms with Gasteiger partial charge in [-0.25, -0.2) is 0 Å². The van der Waals surface area contributed by atoms with Gasteiger partial charge in [0, 0.05) is 35.1 Å². The lowest BCUT2D eigenvalue weighted by Crippen LogP contribution is -2.21. The summed E-state index contributed by atoms with van der Waals surface area (Å²) in [6, 6.07) is 16.4. The molecule has 0 unspecified atom stereocenters. The highest BCUT2D eigenvalue weighted by atomic mass is 16.7. The number of hydrogen-bond donors (Lipinski definition) is 1. The van der Waals surface area contributed by atoms with E-state index in [0.29, 0.717) is 34.5 Å². The van der Waals surface area contributed by atoms with Crippen LogP contribution in [-0.2, 0) is 17.8 Å². The first kappa shape index (κ1) is 18.9. The number of nitrogens with zero attached hydrogens (tertiary/aromatic N) is 2. The van der Waals surface area contributed by atoms with Crippen LogP contribution < -0.4 is 20.3 Å². The summed E-state index contributed by atoms with van der Waals surface area (Å²) < 4.78 is 12.3. The van der Waals surface area contributed by atoms with Crippen molar-refractivity contribution >= 4 is 22.4 Å². The Balaban J connectivity index is 1.38. The fourth-order valence-electron chi connectivity index (χ4n) is 3.67. The Kier molecular flexibility index (Phi) is 4.84. The molecule has 154 valence electrons. The van der Waals surface area contributed by atoms with Gasteiger partial charge in [0.05, 0.1) is 13.0 Å². The molecule has 0 aliphatic carbocycles. The molecule has 2 aromatic heterocycles. The molecule has 5 rings (SSSR count). The molecule has 3 heterocycles. The summed E-state index contributed by atoms with van der Waals surface area (Å²) in [5.41, 5.74) is 2.25. The molecule has 0 fully saturated rings. The van der Waals surface area contributed by atoms with Gasteiger partial charge in [-0.1, -0.05) is 18.2 Å². The van der Waals surface area contributed by atoms with Gasteiger partial charge < -0.3 is 19.4 Å². The average molecular weight is 413 g/mol. The van der Waals surface area contributed by atoms with E-state index in [-0.39, 0.29) is 24.7 Å². The Morgan fingerprint density at radius 3 is 2.77 bits per heavy atom. The Labute approximate surface area is 177 Å². The molecular formula is C24H19N3O4. The fraction of sp³-hybridized carbons (Fsp3) is 0.125. The van der Waals surface area contributed by atoms with E-state index in [0.717, 1.165) is 11.1 Å². The van der Waals surface area contributed by atoms with Crippen LogP contribution in [0.2, 0.25) is 0 Å². The molecule has 31 heavy (non-hydrogen) atoms. The minimum atomic E-state index is -0.175. The number of nitrogens with one attached hydrogen (secondary N) is 1. The van der Waals surface area contributed by atoms with Crippen LogP contribution in [0.5, 0.6) is 11.5 Å². The summed E-state index contributed by atoms with van der Waals surface area (Å²) in [6.07, 6.45) is 5.37. The Bertz CT molecular complexity index is 1330. The van der Waals surface area contributed by atoms with Crippen LogP contribution in [0, 0.1) is 0 Å². The highest BCUT2D eigenvalue weighted by Crippen LogP contribution is 2.32. The van der Waals surface area contributed by atoms with Crippen molar-refractivity contribution in [3.63, 3.8) is 0 Å². The van der Waals surface area contributed by atoms with Gasteiger partial charge in [-0.2, -0.15) is 0 Å².